The summed E-state index contributed by atoms with van der Waals surface area (Å²) in [6.07, 6.45) is -5.49. The SMILES string of the molecule is CN1CCOC(c2ccc3c(c2)nc(NC(=O)c2cccc(C(F)(F)F)c2)n3CC(C)(F)CO)C1=O. The van der Waals surface area contributed by atoms with E-state index in [2.05, 4.69) is 10.3 Å². The van der Waals surface area contributed by atoms with Gasteiger partial charge in [0.15, 0.2) is 6.10 Å². The van der Waals surface area contributed by atoms with Crippen molar-refractivity contribution in [2.75, 3.05) is 32.1 Å². The topological polar surface area (TPSA) is 96.7 Å². The van der Waals surface area contributed by atoms with Crippen LogP contribution in [0.3, 0.4) is 0 Å². The molecular weight excluding hydrogens is 484 g/mol. The summed E-state index contributed by atoms with van der Waals surface area (Å²) in [5, 5.41) is 11.9. The first-order valence-electron chi connectivity index (χ1n) is 11.0. The Balaban J connectivity index is 1.72. The molecule has 12 heteroatoms. The van der Waals surface area contributed by atoms with Crippen molar-refractivity contribution in [2.45, 2.75) is 31.4 Å². The summed E-state index contributed by atoms with van der Waals surface area (Å²) < 4.78 is 61.0. The summed E-state index contributed by atoms with van der Waals surface area (Å²) in [7, 11) is 1.66. The van der Waals surface area contributed by atoms with E-state index in [-0.39, 0.29) is 17.4 Å². The number of hydrogen-bond donors (Lipinski definition) is 2. The number of carbonyl (C=O) groups excluding carboxylic acids is 2. The van der Waals surface area contributed by atoms with Crippen LogP contribution < -0.4 is 5.32 Å². The van der Waals surface area contributed by atoms with E-state index < -0.39 is 42.6 Å². The minimum Gasteiger partial charge on any atom is -0.393 e. The lowest BCUT2D eigenvalue weighted by atomic mass is 10.1. The molecule has 1 saturated heterocycles. The van der Waals surface area contributed by atoms with Gasteiger partial charge in [-0.2, -0.15) is 13.2 Å². The summed E-state index contributed by atoms with van der Waals surface area (Å²) in [5.74, 6) is -1.25. The second-order valence-corrected chi connectivity index (χ2v) is 8.88. The quantitative estimate of drug-likeness (QED) is 0.497. The highest BCUT2D eigenvalue weighted by Gasteiger charge is 2.32. The average molecular weight is 508 g/mol. The molecule has 1 aliphatic heterocycles. The number of ether oxygens (including phenoxy) is 1. The predicted octanol–water partition coefficient (Wildman–Crippen LogP) is 3.56. The van der Waals surface area contributed by atoms with Crippen molar-refractivity contribution in [1.29, 1.82) is 0 Å². The van der Waals surface area contributed by atoms with Crippen molar-refractivity contribution < 1.29 is 37.0 Å². The number of imidazole rings is 1. The molecule has 3 aromatic rings. The van der Waals surface area contributed by atoms with Crippen LogP contribution in [0.1, 0.15) is 34.5 Å². The van der Waals surface area contributed by atoms with Crippen molar-refractivity contribution in [3.8, 4) is 0 Å². The molecule has 1 aliphatic rings. The monoisotopic (exact) mass is 508 g/mol. The number of halogens is 4. The molecule has 2 unspecified atom stereocenters. The Labute approximate surface area is 203 Å². The summed E-state index contributed by atoms with van der Waals surface area (Å²) in [4.78, 5) is 31.2. The molecule has 192 valence electrons. The molecular formula is C24H24F4N4O4. The van der Waals surface area contributed by atoms with E-state index in [1.807, 2.05) is 0 Å². The lowest BCUT2D eigenvalue weighted by molar-refractivity contribution is -0.151. The normalized spacial score (nSPS) is 18.4. The van der Waals surface area contributed by atoms with Crippen LogP contribution in [0, 0.1) is 0 Å². The van der Waals surface area contributed by atoms with Crippen LogP contribution in [0.5, 0.6) is 0 Å². The molecule has 0 bridgehead atoms. The molecule has 1 aromatic heterocycles. The first-order valence-corrected chi connectivity index (χ1v) is 11.0. The van der Waals surface area contributed by atoms with Crippen molar-refractivity contribution in [3.63, 3.8) is 0 Å². The smallest absolute Gasteiger partial charge is 0.393 e. The zero-order valence-electron chi connectivity index (χ0n) is 19.5. The predicted molar refractivity (Wildman–Crippen MR) is 122 cm³/mol. The summed E-state index contributed by atoms with van der Waals surface area (Å²) in [6.45, 7) is 0.736. The van der Waals surface area contributed by atoms with Gasteiger partial charge in [-0.15, -0.1) is 0 Å². The van der Waals surface area contributed by atoms with E-state index >= 15 is 0 Å². The van der Waals surface area contributed by atoms with Crippen LogP contribution in [0.15, 0.2) is 42.5 Å². The zero-order valence-corrected chi connectivity index (χ0v) is 19.5. The fraction of sp³-hybridized carbons (Fsp3) is 0.375. The molecule has 4 rings (SSSR count). The van der Waals surface area contributed by atoms with E-state index in [4.69, 9.17) is 4.74 Å². The third kappa shape index (κ3) is 5.19. The first kappa shape index (κ1) is 25.6. The summed E-state index contributed by atoms with van der Waals surface area (Å²) >= 11 is 0. The number of likely N-dealkylation sites (N-methyl/N-ethyl adjacent to an activating group) is 1. The summed E-state index contributed by atoms with van der Waals surface area (Å²) in [6, 6.07) is 8.64. The highest BCUT2D eigenvalue weighted by Crippen LogP contribution is 2.31. The number of amides is 2. The van der Waals surface area contributed by atoms with Crippen molar-refractivity contribution >= 4 is 28.8 Å². The number of aliphatic hydroxyl groups excluding tert-OH is 1. The number of nitrogens with one attached hydrogen (secondary N) is 1. The number of benzene rings is 2. The van der Waals surface area contributed by atoms with E-state index in [1.54, 1.807) is 25.2 Å². The van der Waals surface area contributed by atoms with Crippen molar-refractivity contribution in [1.82, 2.24) is 14.5 Å². The maximum absolute atomic E-state index is 14.8. The standard InChI is InChI=1S/C24H24F4N4O4/c1-23(25,13-33)12-32-18-7-6-14(19-21(35)31(2)8-9-36-19)11-17(18)29-22(32)30-20(34)15-4-3-5-16(10-15)24(26,27)28/h3-7,10-11,19,33H,8-9,12-13H2,1-2H3,(H,29,30,34). The van der Waals surface area contributed by atoms with Gasteiger partial charge in [0, 0.05) is 19.2 Å². The Morgan fingerprint density at radius 3 is 2.67 bits per heavy atom. The van der Waals surface area contributed by atoms with Gasteiger partial charge in [0.2, 0.25) is 5.95 Å². The number of morpholine rings is 1. The van der Waals surface area contributed by atoms with Gasteiger partial charge >= 0.3 is 6.18 Å². The molecule has 36 heavy (non-hydrogen) atoms. The summed E-state index contributed by atoms with van der Waals surface area (Å²) in [5.41, 5.74) is -2.17. The van der Waals surface area contributed by atoms with E-state index in [0.717, 1.165) is 19.1 Å². The molecule has 0 saturated carbocycles. The highest BCUT2D eigenvalue weighted by molar-refractivity contribution is 6.04. The van der Waals surface area contributed by atoms with Crippen molar-refractivity contribution in [2.24, 2.45) is 0 Å². The Bertz CT molecular complexity index is 1300. The lowest BCUT2D eigenvalue weighted by Gasteiger charge is -2.29. The fourth-order valence-corrected chi connectivity index (χ4v) is 3.88. The highest BCUT2D eigenvalue weighted by atomic mass is 19.4. The minimum atomic E-state index is -4.64. The van der Waals surface area contributed by atoms with Crippen LogP contribution in [0.25, 0.3) is 11.0 Å². The van der Waals surface area contributed by atoms with Crippen LogP contribution in [0.2, 0.25) is 0 Å². The van der Waals surface area contributed by atoms with Crippen LogP contribution in [0.4, 0.5) is 23.5 Å². The molecule has 0 aliphatic carbocycles. The third-order valence-electron chi connectivity index (χ3n) is 5.88. The van der Waals surface area contributed by atoms with Crippen LogP contribution >= 0.6 is 0 Å². The Morgan fingerprint density at radius 1 is 1.22 bits per heavy atom. The maximum atomic E-state index is 14.8. The van der Waals surface area contributed by atoms with Gasteiger partial charge in [-0.3, -0.25) is 14.9 Å². The number of carbonyl (C=O) groups is 2. The van der Waals surface area contributed by atoms with Gasteiger partial charge in [-0.1, -0.05) is 12.1 Å². The molecule has 8 nitrogen and oxygen atoms in total. The minimum absolute atomic E-state index is 0.130. The Kier molecular flexibility index (Phi) is 6.76. The first-order chi connectivity index (χ1) is 16.9. The molecule has 2 N–H and O–H groups in total. The van der Waals surface area contributed by atoms with Gasteiger partial charge in [0.1, 0.15) is 5.67 Å². The van der Waals surface area contributed by atoms with E-state index in [1.165, 1.54) is 15.5 Å². The largest absolute Gasteiger partial charge is 0.416 e. The molecule has 2 atom stereocenters. The number of aliphatic hydroxyl groups is 1. The molecule has 1 fully saturated rings. The maximum Gasteiger partial charge on any atom is 0.416 e. The average Bonchev–Trinajstić information content (AvgIpc) is 3.15. The van der Waals surface area contributed by atoms with Crippen LogP contribution in [-0.2, 0) is 22.3 Å². The fourth-order valence-electron chi connectivity index (χ4n) is 3.88. The van der Waals surface area contributed by atoms with Crippen molar-refractivity contribution in [3.05, 3.63) is 59.2 Å². The number of rotatable bonds is 6. The molecule has 2 amide bonds. The van der Waals surface area contributed by atoms with Gasteiger partial charge in [-0.05, 0) is 42.8 Å². The molecule has 2 aromatic carbocycles. The number of anilines is 1. The molecule has 0 spiro atoms. The Morgan fingerprint density at radius 2 is 1.97 bits per heavy atom. The molecule has 2 heterocycles. The van der Waals surface area contributed by atoms with E-state index in [9.17, 15) is 32.3 Å². The van der Waals surface area contributed by atoms with Gasteiger partial charge in [-0.25, -0.2) is 9.37 Å². The van der Waals surface area contributed by atoms with Crippen LogP contribution in [-0.4, -0.2) is 63.8 Å². The Hall–Kier alpha value is -3.51. The third-order valence-corrected chi connectivity index (χ3v) is 5.88. The number of fused-ring (bicyclic) bond motifs is 1. The second kappa shape index (κ2) is 9.51. The number of alkyl halides is 4. The number of hydrogen-bond acceptors (Lipinski definition) is 5. The lowest BCUT2D eigenvalue weighted by Crippen LogP contribution is -2.40. The number of aromatic nitrogens is 2. The van der Waals surface area contributed by atoms with Gasteiger partial charge in [0.25, 0.3) is 11.8 Å². The number of nitrogens with zero attached hydrogens (tertiary/aromatic N) is 3. The van der Waals surface area contributed by atoms with Gasteiger partial charge in [0.05, 0.1) is 36.4 Å². The zero-order chi connectivity index (χ0) is 26.3. The molecule has 0 radical (unpaired) electrons. The second-order valence-electron chi connectivity index (χ2n) is 8.88. The van der Waals surface area contributed by atoms with Gasteiger partial charge < -0.3 is 19.3 Å². The van der Waals surface area contributed by atoms with E-state index in [0.29, 0.717) is 35.8 Å².